The van der Waals surface area contributed by atoms with Gasteiger partial charge in [0.2, 0.25) is 5.12 Å². The monoisotopic (exact) mass is 306 g/mol. The van der Waals surface area contributed by atoms with Crippen LogP contribution in [-0.4, -0.2) is 33.8 Å². The summed E-state index contributed by atoms with van der Waals surface area (Å²) < 4.78 is 5.06. The zero-order chi connectivity index (χ0) is 15.4. The molecule has 1 atom stereocenters. The van der Waals surface area contributed by atoms with Crippen LogP contribution in [0.4, 0.5) is 0 Å². The highest BCUT2D eigenvalue weighted by molar-refractivity contribution is 8.15. The Kier molecular flexibility index (Phi) is 4.80. The highest BCUT2D eigenvalue weighted by Gasteiger charge is 2.36. The van der Waals surface area contributed by atoms with Gasteiger partial charge in [0.1, 0.15) is 23.2 Å². The Labute approximate surface area is 126 Å². The smallest absolute Gasteiger partial charge is 0.310 e. The summed E-state index contributed by atoms with van der Waals surface area (Å²) >= 11 is 0.797. The Morgan fingerprint density at radius 2 is 1.95 bits per heavy atom. The number of ketones is 1. The van der Waals surface area contributed by atoms with E-state index in [2.05, 4.69) is 0 Å². The molecule has 0 fully saturated rings. The Bertz CT molecular complexity index is 606. The quantitative estimate of drug-likeness (QED) is 0.660. The van der Waals surface area contributed by atoms with E-state index >= 15 is 0 Å². The minimum absolute atomic E-state index is 0.121. The van der Waals surface area contributed by atoms with E-state index in [1.165, 1.54) is 6.92 Å². The number of hydrogen-bond donors (Lipinski definition) is 1. The maximum Gasteiger partial charge on any atom is 0.310 e. The molecule has 1 aliphatic rings. The second-order valence-electron chi connectivity index (χ2n) is 4.56. The van der Waals surface area contributed by atoms with Gasteiger partial charge < -0.3 is 9.84 Å². The number of hydrogen-bond acceptors (Lipinski definition) is 6. The summed E-state index contributed by atoms with van der Waals surface area (Å²) in [6.45, 7) is 1.08. The number of benzene rings is 1. The molecule has 1 unspecified atom stereocenters. The van der Waals surface area contributed by atoms with Gasteiger partial charge in [-0.05, 0) is 12.5 Å². The van der Waals surface area contributed by atoms with Gasteiger partial charge in [0.25, 0.3) is 0 Å². The van der Waals surface area contributed by atoms with Crippen LogP contribution in [0.15, 0.2) is 41.7 Å². The first kappa shape index (κ1) is 15.3. The van der Waals surface area contributed by atoms with Crippen LogP contribution in [0.1, 0.15) is 12.5 Å². The number of carbonyl (C=O) groups excluding carboxylic acids is 3. The second kappa shape index (κ2) is 6.58. The maximum atomic E-state index is 11.7. The Morgan fingerprint density at radius 1 is 1.29 bits per heavy atom. The van der Waals surface area contributed by atoms with Gasteiger partial charge in [-0.3, -0.25) is 14.4 Å². The molecule has 1 aromatic rings. The molecule has 0 aliphatic carbocycles. The molecule has 1 N–H and O–H groups in total. The van der Waals surface area contributed by atoms with E-state index in [0.29, 0.717) is 0 Å². The third kappa shape index (κ3) is 3.72. The molecule has 110 valence electrons. The minimum atomic E-state index is -0.698. The lowest BCUT2D eigenvalue weighted by Gasteiger charge is -2.10. The normalized spacial score (nSPS) is 18.0. The van der Waals surface area contributed by atoms with Gasteiger partial charge in [0, 0.05) is 0 Å². The second-order valence-corrected chi connectivity index (χ2v) is 5.73. The fraction of sp³-hybridized carbons (Fsp3) is 0.267. The molecular formula is C15H14O5S. The summed E-state index contributed by atoms with van der Waals surface area (Å²) in [5, 5.41) is 8.64. The van der Waals surface area contributed by atoms with Crippen molar-refractivity contribution >= 4 is 28.6 Å². The van der Waals surface area contributed by atoms with E-state index in [4.69, 9.17) is 4.74 Å². The van der Waals surface area contributed by atoms with Crippen LogP contribution in [0, 0.1) is 0 Å². The van der Waals surface area contributed by atoms with E-state index in [9.17, 15) is 19.5 Å². The van der Waals surface area contributed by atoms with Gasteiger partial charge in [0.15, 0.2) is 5.78 Å². The zero-order valence-corrected chi connectivity index (χ0v) is 12.2. The molecule has 2 rings (SSSR count). The largest absolute Gasteiger partial charge is 0.510 e. The van der Waals surface area contributed by atoms with Crippen LogP contribution >= 0.6 is 11.8 Å². The molecule has 0 amide bonds. The summed E-state index contributed by atoms with van der Waals surface area (Å²) in [7, 11) is 0. The van der Waals surface area contributed by atoms with Crippen molar-refractivity contribution in [1.29, 1.82) is 0 Å². The molecule has 1 aromatic carbocycles. The first-order valence-electron chi connectivity index (χ1n) is 6.33. The molecule has 21 heavy (non-hydrogen) atoms. The lowest BCUT2D eigenvalue weighted by molar-refractivity contribution is -0.142. The molecule has 6 heteroatoms. The van der Waals surface area contributed by atoms with Crippen molar-refractivity contribution in [2.45, 2.75) is 18.6 Å². The van der Waals surface area contributed by atoms with Crippen LogP contribution in [-0.2, 0) is 25.5 Å². The van der Waals surface area contributed by atoms with E-state index in [-0.39, 0.29) is 24.4 Å². The first-order chi connectivity index (χ1) is 9.99. The first-order valence-corrected chi connectivity index (χ1v) is 7.21. The molecule has 0 aromatic heterocycles. The van der Waals surface area contributed by atoms with Crippen molar-refractivity contribution in [2.24, 2.45) is 0 Å². The van der Waals surface area contributed by atoms with Crippen LogP contribution in [0.5, 0.6) is 0 Å². The molecule has 0 spiro atoms. The van der Waals surface area contributed by atoms with E-state index in [1.807, 2.05) is 18.2 Å². The predicted octanol–water partition coefficient (Wildman–Crippen LogP) is 1.82. The number of carbonyl (C=O) groups is 3. The lowest BCUT2D eigenvalue weighted by Crippen LogP contribution is -2.18. The highest BCUT2D eigenvalue weighted by atomic mass is 32.2. The number of thioether (sulfide) groups is 1. The van der Waals surface area contributed by atoms with Crippen molar-refractivity contribution in [3.05, 3.63) is 47.2 Å². The summed E-state index contributed by atoms with van der Waals surface area (Å²) in [4.78, 5) is 34.5. The van der Waals surface area contributed by atoms with Gasteiger partial charge in [-0.1, -0.05) is 42.1 Å². The Balaban J connectivity index is 1.91. The van der Waals surface area contributed by atoms with Gasteiger partial charge in [-0.25, -0.2) is 0 Å². The number of ether oxygens (including phenoxy) is 1. The number of Topliss-reactive ketones (excluding diaryl/α,β-unsaturated/α-hetero) is 1. The fourth-order valence-corrected chi connectivity index (χ4v) is 2.92. The molecule has 0 saturated heterocycles. The maximum absolute atomic E-state index is 11.7. The summed E-state index contributed by atoms with van der Waals surface area (Å²) in [6.07, 6.45) is 0.121. The van der Waals surface area contributed by atoms with Crippen LogP contribution in [0.25, 0.3) is 0 Å². The van der Waals surface area contributed by atoms with Gasteiger partial charge in [-0.2, -0.15) is 0 Å². The summed E-state index contributed by atoms with van der Waals surface area (Å²) in [6, 6.07) is 9.10. The minimum Gasteiger partial charge on any atom is -0.510 e. The van der Waals surface area contributed by atoms with Crippen molar-refractivity contribution in [2.75, 3.05) is 6.61 Å². The Morgan fingerprint density at radius 3 is 2.52 bits per heavy atom. The zero-order valence-electron chi connectivity index (χ0n) is 11.4. The van der Waals surface area contributed by atoms with E-state index < -0.39 is 22.1 Å². The molecule has 0 saturated carbocycles. The molecule has 0 radical (unpaired) electrons. The van der Waals surface area contributed by atoms with Gasteiger partial charge in [-0.15, -0.1) is 0 Å². The van der Waals surface area contributed by atoms with Crippen molar-refractivity contribution in [1.82, 2.24) is 0 Å². The average molecular weight is 306 g/mol. The molecular weight excluding hydrogens is 292 g/mol. The summed E-state index contributed by atoms with van der Waals surface area (Å²) in [5.74, 6) is -1.23. The van der Waals surface area contributed by atoms with E-state index in [0.717, 1.165) is 17.3 Å². The van der Waals surface area contributed by atoms with E-state index in [1.54, 1.807) is 12.1 Å². The topological polar surface area (TPSA) is 80.7 Å². The van der Waals surface area contributed by atoms with Gasteiger partial charge >= 0.3 is 5.97 Å². The lowest BCUT2D eigenvalue weighted by atomic mass is 10.1. The predicted molar refractivity (Wildman–Crippen MR) is 77.8 cm³/mol. The average Bonchev–Trinajstić information content (AvgIpc) is 2.72. The molecule has 1 aliphatic heterocycles. The number of aliphatic hydroxyl groups is 1. The highest BCUT2D eigenvalue weighted by Crippen LogP contribution is 2.33. The SMILES string of the molecule is CC(=O)C1=C(O)C(COC(=O)Cc2ccccc2)SC1=O. The number of aliphatic hydroxyl groups excluding tert-OH is 1. The van der Waals surface area contributed by atoms with Crippen LogP contribution < -0.4 is 0 Å². The molecule has 0 bridgehead atoms. The van der Waals surface area contributed by atoms with Crippen molar-refractivity contribution < 1.29 is 24.2 Å². The van der Waals surface area contributed by atoms with Crippen molar-refractivity contribution in [3.8, 4) is 0 Å². The Hall–Kier alpha value is -2.08. The number of esters is 1. The fourth-order valence-electron chi connectivity index (χ4n) is 1.93. The van der Waals surface area contributed by atoms with Crippen LogP contribution in [0.3, 0.4) is 0 Å². The van der Waals surface area contributed by atoms with Gasteiger partial charge in [0.05, 0.1) is 6.42 Å². The van der Waals surface area contributed by atoms with Crippen LogP contribution in [0.2, 0.25) is 0 Å². The van der Waals surface area contributed by atoms with Crippen molar-refractivity contribution in [3.63, 3.8) is 0 Å². The standard InChI is InChI=1S/C15H14O5S/c1-9(16)13-14(18)11(21-15(13)19)8-20-12(17)7-10-5-3-2-4-6-10/h2-6,11,18H,7-8H2,1H3. The molecule has 1 heterocycles. The summed E-state index contributed by atoms with van der Waals surface area (Å²) in [5.41, 5.74) is 0.617. The number of rotatable bonds is 5. The third-order valence-electron chi connectivity index (χ3n) is 2.95. The third-order valence-corrected chi connectivity index (χ3v) is 4.02. The molecule has 5 nitrogen and oxygen atoms in total.